The molecule has 0 aliphatic rings. The van der Waals surface area contributed by atoms with Gasteiger partial charge in [0.15, 0.2) is 17.2 Å². The van der Waals surface area contributed by atoms with Gasteiger partial charge in [-0.3, -0.25) is 0 Å². The molecule has 0 aliphatic carbocycles. The van der Waals surface area contributed by atoms with Crippen LogP contribution in [0.2, 0.25) is 0 Å². The van der Waals surface area contributed by atoms with Crippen molar-refractivity contribution < 1.29 is 18.6 Å². The van der Waals surface area contributed by atoms with Crippen molar-refractivity contribution in [1.29, 1.82) is 0 Å². The topological polar surface area (TPSA) is 53.7 Å². The van der Waals surface area contributed by atoms with Crippen LogP contribution in [0.15, 0.2) is 34.8 Å². The van der Waals surface area contributed by atoms with Crippen molar-refractivity contribution in [3.63, 3.8) is 0 Å². The minimum absolute atomic E-state index is 0.329. The zero-order valence-electron chi connectivity index (χ0n) is 10.9. The maximum atomic E-state index is 13.3. The summed E-state index contributed by atoms with van der Waals surface area (Å²) in [6.45, 7) is 0. The minimum Gasteiger partial charge on any atom is -0.493 e. The van der Waals surface area contributed by atoms with Crippen LogP contribution in [-0.2, 0) is 0 Å². The quantitative estimate of drug-likeness (QED) is 0.854. The Morgan fingerprint density at radius 3 is 2.20 bits per heavy atom. The van der Waals surface area contributed by atoms with E-state index in [0.29, 0.717) is 33.2 Å². The summed E-state index contributed by atoms with van der Waals surface area (Å²) in [4.78, 5) is 0. The van der Waals surface area contributed by atoms with Crippen LogP contribution >= 0.6 is 15.9 Å². The van der Waals surface area contributed by atoms with Crippen LogP contribution in [0.25, 0.3) is 0 Å². The van der Waals surface area contributed by atoms with E-state index < -0.39 is 5.82 Å². The van der Waals surface area contributed by atoms with Crippen molar-refractivity contribution in [3.8, 4) is 23.0 Å². The number of nitrogen functional groups attached to an aromatic ring is 1. The van der Waals surface area contributed by atoms with Crippen LogP contribution < -0.4 is 19.9 Å². The Bertz CT molecular complexity index is 614. The van der Waals surface area contributed by atoms with Gasteiger partial charge >= 0.3 is 0 Å². The van der Waals surface area contributed by atoms with Gasteiger partial charge < -0.3 is 19.9 Å². The van der Waals surface area contributed by atoms with Crippen LogP contribution in [0.4, 0.5) is 10.1 Å². The highest BCUT2D eigenvalue weighted by atomic mass is 79.9. The van der Waals surface area contributed by atoms with E-state index in [0.717, 1.165) is 0 Å². The molecule has 0 amide bonds. The second-order valence-electron chi connectivity index (χ2n) is 3.95. The van der Waals surface area contributed by atoms with Gasteiger partial charge in [0.1, 0.15) is 11.6 Å². The number of anilines is 1. The Morgan fingerprint density at radius 2 is 1.60 bits per heavy atom. The summed E-state index contributed by atoms with van der Waals surface area (Å²) in [5.41, 5.74) is 6.24. The van der Waals surface area contributed by atoms with Gasteiger partial charge in [0.2, 0.25) is 0 Å². The predicted molar refractivity (Wildman–Crippen MR) is 78.1 cm³/mol. The van der Waals surface area contributed by atoms with Crippen LogP contribution in [0.5, 0.6) is 23.0 Å². The van der Waals surface area contributed by atoms with Crippen molar-refractivity contribution in [1.82, 2.24) is 0 Å². The third kappa shape index (κ3) is 3.14. The summed E-state index contributed by atoms with van der Waals surface area (Å²) in [7, 11) is 3.03. The minimum atomic E-state index is -0.409. The molecule has 0 unspecified atom stereocenters. The molecule has 106 valence electrons. The molecule has 0 atom stereocenters. The van der Waals surface area contributed by atoms with E-state index in [4.69, 9.17) is 19.9 Å². The third-order valence-electron chi connectivity index (χ3n) is 2.58. The van der Waals surface area contributed by atoms with Crippen molar-refractivity contribution >= 4 is 21.6 Å². The van der Waals surface area contributed by atoms with Crippen molar-refractivity contribution in [2.24, 2.45) is 0 Å². The first-order valence-electron chi connectivity index (χ1n) is 5.69. The van der Waals surface area contributed by atoms with E-state index in [1.807, 2.05) is 0 Å². The molecule has 2 aromatic carbocycles. The van der Waals surface area contributed by atoms with E-state index in [1.54, 1.807) is 18.2 Å². The fourth-order valence-corrected chi connectivity index (χ4v) is 2.12. The number of hydrogen-bond donors (Lipinski definition) is 1. The number of methoxy groups -OCH3 is 2. The van der Waals surface area contributed by atoms with Gasteiger partial charge in [-0.15, -0.1) is 0 Å². The van der Waals surface area contributed by atoms with Crippen LogP contribution in [0, 0.1) is 5.82 Å². The Morgan fingerprint density at radius 1 is 0.950 bits per heavy atom. The van der Waals surface area contributed by atoms with Gasteiger partial charge in [0.05, 0.1) is 19.9 Å². The standard InChI is InChI=1S/C14H13BrFNO3/c1-18-13-6-11(17)12(7-14(13)19-2)20-10-4-8(15)3-9(16)5-10/h3-7H,17H2,1-2H3. The molecular formula is C14H13BrFNO3. The molecule has 20 heavy (non-hydrogen) atoms. The van der Waals surface area contributed by atoms with E-state index in [2.05, 4.69) is 15.9 Å². The van der Waals surface area contributed by atoms with Crippen molar-refractivity contribution in [2.45, 2.75) is 0 Å². The first-order valence-corrected chi connectivity index (χ1v) is 6.48. The molecule has 0 spiro atoms. The van der Waals surface area contributed by atoms with E-state index >= 15 is 0 Å². The molecule has 0 aromatic heterocycles. The van der Waals surface area contributed by atoms with E-state index in [1.165, 1.54) is 26.4 Å². The van der Waals surface area contributed by atoms with Crippen LogP contribution in [-0.4, -0.2) is 14.2 Å². The summed E-state index contributed by atoms with van der Waals surface area (Å²) in [6.07, 6.45) is 0. The lowest BCUT2D eigenvalue weighted by Gasteiger charge is -2.13. The predicted octanol–water partition coefficient (Wildman–Crippen LogP) is 3.98. The zero-order valence-corrected chi connectivity index (χ0v) is 12.5. The third-order valence-corrected chi connectivity index (χ3v) is 3.04. The van der Waals surface area contributed by atoms with Crippen LogP contribution in [0.3, 0.4) is 0 Å². The molecule has 0 radical (unpaired) electrons. The smallest absolute Gasteiger partial charge is 0.164 e. The number of hydrogen-bond acceptors (Lipinski definition) is 4. The second kappa shape index (κ2) is 6.00. The molecule has 2 rings (SSSR count). The lowest BCUT2D eigenvalue weighted by molar-refractivity contribution is 0.352. The molecule has 0 saturated heterocycles. The molecular weight excluding hydrogens is 329 g/mol. The molecule has 6 heteroatoms. The first kappa shape index (κ1) is 14.5. The highest BCUT2D eigenvalue weighted by Crippen LogP contribution is 2.38. The number of halogens is 2. The fourth-order valence-electron chi connectivity index (χ4n) is 1.68. The van der Waals surface area contributed by atoms with Gasteiger partial charge in [0.25, 0.3) is 0 Å². The summed E-state index contributed by atoms with van der Waals surface area (Å²) in [5.74, 6) is 1.26. The summed E-state index contributed by atoms with van der Waals surface area (Å²) >= 11 is 3.20. The Labute approximate surface area is 124 Å². The summed E-state index contributed by atoms with van der Waals surface area (Å²) < 4.78 is 29.8. The summed E-state index contributed by atoms with van der Waals surface area (Å²) in [6, 6.07) is 7.42. The molecule has 0 aliphatic heterocycles. The average molecular weight is 342 g/mol. The zero-order chi connectivity index (χ0) is 14.7. The van der Waals surface area contributed by atoms with Gasteiger partial charge in [-0.25, -0.2) is 4.39 Å². The van der Waals surface area contributed by atoms with Gasteiger partial charge in [-0.2, -0.15) is 0 Å². The van der Waals surface area contributed by atoms with E-state index in [9.17, 15) is 4.39 Å². The van der Waals surface area contributed by atoms with Gasteiger partial charge in [-0.1, -0.05) is 15.9 Å². The molecule has 2 N–H and O–H groups in total. The number of rotatable bonds is 4. The largest absolute Gasteiger partial charge is 0.493 e. The molecule has 0 heterocycles. The highest BCUT2D eigenvalue weighted by Gasteiger charge is 2.11. The maximum absolute atomic E-state index is 13.3. The Balaban J connectivity index is 2.37. The van der Waals surface area contributed by atoms with Gasteiger partial charge in [0, 0.05) is 22.7 Å². The second-order valence-corrected chi connectivity index (χ2v) is 4.87. The first-order chi connectivity index (χ1) is 9.53. The van der Waals surface area contributed by atoms with E-state index in [-0.39, 0.29) is 0 Å². The molecule has 0 fully saturated rings. The molecule has 0 saturated carbocycles. The lowest BCUT2D eigenvalue weighted by atomic mass is 10.2. The number of nitrogens with two attached hydrogens (primary N) is 1. The maximum Gasteiger partial charge on any atom is 0.164 e. The average Bonchev–Trinajstić information content (AvgIpc) is 2.39. The summed E-state index contributed by atoms with van der Waals surface area (Å²) in [5, 5.41) is 0. The van der Waals surface area contributed by atoms with Crippen molar-refractivity contribution in [3.05, 3.63) is 40.6 Å². The number of ether oxygens (including phenoxy) is 3. The SMILES string of the molecule is COc1cc(N)c(Oc2cc(F)cc(Br)c2)cc1OC. The van der Waals surface area contributed by atoms with Crippen LogP contribution in [0.1, 0.15) is 0 Å². The monoisotopic (exact) mass is 341 g/mol. The molecule has 4 nitrogen and oxygen atoms in total. The Hall–Kier alpha value is -1.95. The molecule has 0 bridgehead atoms. The number of benzene rings is 2. The Kier molecular flexibility index (Phi) is 4.34. The van der Waals surface area contributed by atoms with Crippen molar-refractivity contribution in [2.75, 3.05) is 20.0 Å². The van der Waals surface area contributed by atoms with Gasteiger partial charge in [-0.05, 0) is 12.1 Å². The normalized spacial score (nSPS) is 10.2. The lowest BCUT2D eigenvalue weighted by Crippen LogP contribution is -1.97. The molecule has 2 aromatic rings. The fraction of sp³-hybridized carbons (Fsp3) is 0.143. The highest BCUT2D eigenvalue weighted by molar-refractivity contribution is 9.10.